The van der Waals surface area contributed by atoms with Crippen molar-refractivity contribution in [3.63, 3.8) is 0 Å². The first-order valence-corrected chi connectivity index (χ1v) is 7.07. The molecule has 4 heteroatoms. The van der Waals surface area contributed by atoms with Crippen molar-refractivity contribution in [2.24, 2.45) is 11.7 Å². The fourth-order valence-electron chi connectivity index (χ4n) is 2.96. The van der Waals surface area contributed by atoms with Gasteiger partial charge in [-0.2, -0.15) is 0 Å². The summed E-state index contributed by atoms with van der Waals surface area (Å²) in [5.74, 6) is 0.660. The Morgan fingerprint density at radius 1 is 1.28 bits per heavy atom. The maximum absolute atomic E-state index is 6.43. The van der Waals surface area contributed by atoms with Crippen LogP contribution in [0, 0.1) is 5.92 Å². The predicted molar refractivity (Wildman–Crippen MR) is 82.1 cm³/mol. The summed E-state index contributed by atoms with van der Waals surface area (Å²) in [4.78, 5) is 3.32. The van der Waals surface area contributed by atoms with E-state index in [1.807, 2.05) is 0 Å². The summed E-state index contributed by atoms with van der Waals surface area (Å²) in [6, 6.07) is 6.50. The Morgan fingerprint density at radius 2 is 2.00 bits per heavy atom. The van der Waals surface area contributed by atoms with Crippen LogP contribution in [0.4, 0.5) is 0 Å². The maximum atomic E-state index is 6.43. The van der Waals surface area contributed by atoms with Gasteiger partial charge in [-0.1, -0.05) is 28.8 Å². The number of hydrogen-bond acceptors (Lipinski definition) is 1. The van der Waals surface area contributed by atoms with E-state index < -0.39 is 0 Å². The van der Waals surface area contributed by atoms with Gasteiger partial charge in [0.15, 0.2) is 0 Å². The molecule has 1 heterocycles. The fraction of sp³-hybridized carbons (Fsp3) is 0.429. The molecule has 1 fully saturated rings. The van der Waals surface area contributed by atoms with Crippen LogP contribution >= 0.6 is 28.3 Å². The highest BCUT2D eigenvalue weighted by Crippen LogP contribution is 2.37. The predicted octanol–water partition coefficient (Wildman–Crippen LogP) is 4.54. The van der Waals surface area contributed by atoms with E-state index in [1.165, 1.54) is 42.1 Å². The van der Waals surface area contributed by atoms with E-state index in [0.29, 0.717) is 5.92 Å². The average Bonchev–Trinajstić information content (AvgIpc) is 2.97. The second-order valence-electron chi connectivity index (χ2n) is 5.00. The number of H-pyrrole nitrogens is 1. The first kappa shape index (κ1) is 13.9. The van der Waals surface area contributed by atoms with Crippen LogP contribution in [0.3, 0.4) is 0 Å². The monoisotopic (exact) mass is 328 g/mol. The third kappa shape index (κ3) is 2.44. The zero-order valence-corrected chi connectivity index (χ0v) is 12.6. The Bertz CT molecular complexity index is 532. The molecule has 2 aromatic rings. The van der Waals surface area contributed by atoms with Crippen molar-refractivity contribution in [1.29, 1.82) is 0 Å². The number of nitrogens with one attached hydrogen (secondary N) is 1. The zero-order chi connectivity index (χ0) is 11.8. The molecule has 1 saturated carbocycles. The Hall–Kier alpha value is -0.510. The molecule has 0 unspecified atom stereocenters. The van der Waals surface area contributed by atoms with Crippen molar-refractivity contribution in [3.05, 3.63) is 34.4 Å². The summed E-state index contributed by atoms with van der Waals surface area (Å²) >= 11 is 3.53. The molecule has 1 aromatic carbocycles. The molecule has 0 aliphatic heterocycles. The van der Waals surface area contributed by atoms with Crippen LogP contribution in [-0.2, 0) is 0 Å². The standard InChI is InChI=1S/C14H17BrN2.ClH/c15-10-5-6-13-11(7-10)12(8-17-13)14(16)9-3-1-2-4-9;/h5-9,14,17H,1-4,16H2;1H/t14-;/m1./s1. The number of aromatic nitrogens is 1. The topological polar surface area (TPSA) is 41.8 Å². The number of nitrogens with two attached hydrogens (primary N) is 1. The summed E-state index contributed by atoms with van der Waals surface area (Å²) in [6.07, 6.45) is 7.32. The van der Waals surface area contributed by atoms with Crippen LogP contribution in [0.5, 0.6) is 0 Å². The van der Waals surface area contributed by atoms with E-state index in [9.17, 15) is 0 Å². The quantitative estimate of drug-likeness (QED) is 0.834. The molecule has 1 aliphatic carbocycles. The van der Waals surface area contributed by atoms with Crippen LogP contribution in [0.15, 0.2) is 28.9 Å². The molecule has 3 rings (SSSR count). The Balaban J connectivity index is 0.00000120. The summed E-state index contributed by atoms with van der Waals surface area (Å²) in [6.45, 7) is 0. The van der Waals surface area contributed by atoms with Crippen molar-refractivity contribution in [1.82, 2.24) is 4.98 Å². The van der Waals surface area contributed by atoms with Gasteiger partial charge in [0.1, 0.15) is 0 Å². The van der Waals surface area contributed by atoms with Gasteiger partial charge in [-0.05, 0) is 42.5 Å². The second kappa shape index (κ2) is 5.64. The van der Waals surface area contributed by atoms with E-state index >= 15 is 0 Å². The van der Waals surface area contributed by atoms with Crippen molar-refractivity contribution < 1.29 is 0 Å². The fourth-order valence-corrected chi connectivity index (χ4v) is 3.32. The average molecular weight is 330 g/mol. The van der Waals surface area contributed by atoms with E-state index in [0.717, 1.165) is 4.47 Å². The number of aromatic amines is 1. The molecule has 1 aromatic heterocycles. The minimum atomic E-state index is 0. The lowest BCUT2D eigenvalue weighted by molar-refractivity contribution is 0.447. The normalized spacial score (nSPS) is 17.9. The number of benzene rings is 1. The van der Waals surface area contributed by atoms with Crippen LogP contribution in [-0.4, -0.2) is 4.98 Å². The van der Waals surface area contributed by atoms with E-state index in [2.05, 4.69) is 45.3 Å². The molecule has 0 radical (unpaired) electrons. The lowest BCUT2D eigenvalue weighted by atomic mass is 9.92. The van der Waals surface area contributed by atoms with Crippen LogP contribution in [0.1, 0.15) is 37.3 Å². The molecule has 0 spiro atoms. The van der Waals surface area contributed by atoms with Gasteiger partial charge in [-0.3, -0.25) is 0 Å². The van der Waals surface area contributed by atoms with Crippen molar-refractivity contribution >= 4 is 39.2 Å². The molecule has 18 heavy (non-hydrogen) atoms. The summed E-state index contributed by atoms with van der Waals surface area (Å²) in [5.41, 5.74) is 8.87. The maximum Gasteiger partial charge on any atom is 0.0458 e. The molecular formula is C14H18BrClN2. The Labute approximate surface area is 122 Å². The van der Waals surface area contributed by atoms with Crippen LogP contribution in [0.2, 0.25) is 0 Å². The Kier molecular flexibility index (Phi) is 4.36. The summed E-state index contributed by atoms with van der Waals surface area (Å²) < 4.78 is 1.12. The van der Waals surface area contributed by atoms with Gasteiger partial charge in [-0.25, -0.2) is 0 Å². The molecular weight excluding hydrogens is 312 g/mol. The van der Waals surface area contributed by atoms with E-state index in [4.69, 9.17) is 5.73 Å². The number of hydrogen-bond donors (Lipinski definition) is 2. The number of fused-ring (bicyclic) bond motifs is 1. The first-order valence-electron chi connectivity index (χ1n) is 6.28. The van der Waals surface area contributed by atoms with Crippen LogP contribution in [0.25, 0.3) is 10.9 Å². The molecule has 1 atom stereocenters. The van der Waals surface area contributed by atoms with Gasteiger partial charge in [0.05, 0.1) is 0 Å². The van der Waals surface area contributed by atoms with Gasteiger partial charge in [0, 0.05) is 27.6 Å². The molecule has 0 amide bonds. The number of halogens is 2. The van der Waals surface area contributed by atoms with E-state index in [1.54, 1.807) is 0 Å². The molecule has 0 saturated heterocycles. The minimum Gasteiger partial charge on any atom is -0.361 e. The zero-order valence-electron chi connectivity index (χ0n) is 10.2. The number of rotatable bonds is 2. The Morgan fingerprint density at radius 3 is 2.72 bits per heavy atom. The summed E-state index contributed by atoms with van der Waals surface area (Å²) in [5, 5.41) is 1.26. The highest BCUT2D eigenvalue weighted by atomic mass is 79.9. The molecule has 2 nitrogen and oxygen atoms in total. The lowest BCUT2D eigenvalue weighted by Gasteiger charge is -2.18. The largest absolute Gasteiger partial charge is 0.361 e. The molecule has 1 aliphatic rings. The van der Waals surface area contributed by atoms with Crippen molar-refractivity contribution in [3.8, 4) is 0 Å². The third-order valence-corrected chi connectivity index (χ3v) is 4.44. The molecule has 0 bridgehead atoms. The van der Waals surface area contributed by atoms with Gasteiger partial charge < -0.3 is 10.7 Å². The van der Waals surface area contributed by atoms with Gasteiger partial charge in [0.25, 0.3) is 0 Å². The highest BCUT2D eigenvalue weighted by molar-refractivity contribution is 9.10. The van der Waals surface area contributed by atoms with Gasteiger partial charge in [0.2, 0.25) is 0 Å². The minimum absolute atomic E-state index is 0. The van der Waals surface area contributed by atoms with Crippen molar-refractivity contribution in [2.75, 3.05) is 0 Å². The van der Waals surface area contributed by atoms with Crippen molar-refractivity contribution in [2.45, 2.75) is 31.7 Å². The smallest absolute Gasteiger partial charge is 0.0458 e. The highest BCUT2D eigenvalue weighted by Gasteiger charge is 2.25. The SMILES string of the molecule is Cl.N[C@@H](c1c[nH]c2ccc(Br)cc12)C1CCCC1. The molecule has 3 N–H and O–H groups in total. The van der Waals surface area contributed by atoms with E-state index in [-0.39, 0.29) is 18.4 Å². The summed E-state index contributed by atoms with van der Waals surface area (Å²) in [7, 11) is 0. The second-order valence-corrected chi connectivity index (χ2v) is 5.92. The third-order valence-electron chi connectivity index (χ3n) is 3.94. The van der Waals surface area contributed by atoms with Crippen LogP contribution < -0.4 is 5.73 Å². The molecule has 98 valence electrons. The van der Waals surface area contributed by atoms with Gasteiger partial charge >= 0.3 is 0 Å². The first-order chi connectivity index (χ1) is 8.25. The lowest BCUT2D eigenvalue weighted by Crippen LogP contribution is -2.18. The van der Waals surface area contributed by atoms with Gasteiger partial charge in [-0.15, -0.1) is 12.4 Å².